The van der Waals surface area contributed by atoms with Gasteiger partial charge < -0.3 is 11.1 Å². The number of carbonyl (C=O) groups excluding carboxylic acids is 1. The molecule has 0 aromatic heterocycles. The quantitative estimate of drug-likeness (QED) is 0.784. The predicted molar refractivity (Wildman–Crippen MR) is 53.6 cm³/mol. The van der Waals surface area contributed by atoms with Gasteiger partial charge in [0.1, 0.15) is 6.54 Å². The molecule has 0 bridgehead atoms. The predicted octanol–water partition coefficient (Wildman–Crippen LogP) is 1.57. The Hall–Kier alpha value is -0.780. The molecule has 0 heterocycles. The fraction of sp³-hybridized carbons (Fsp3) is 0.900. The van der Waals surface area contributed by atoms with E-state index < -0.39 is 18.6 Å². The molecule has 0 radical (unpaired) electrons. The fourth-order valence-electron chi connectivity index (χ4n) is 2.00. The Morgan fingerprint density at radius 3 is 2.50 bits per heavy atom. The molecule has 94 valence electrons. The highest BCUT2D eigenvalue weighted by atomic mass is 19.4. The van der Waals surface area contributed by atoms with Crippen molar-refractivity contribution in [3.05, 3.63) is 0 Å². The van der Waals surface area contributed by atoms with Gasteiger partial charge in [0.15, 0.2) is 0 Å². The molecule has 1 saturated carbocycles. The molecule has 6 heteroatoms. The van der Waals surface area contributed by atoms with Crippen molar-refractivity contribution in [1.82, 2.24) is 5.32 Å². The van der Waals surface area contributed by atoms with Crippen LogP contribution in [-0.4, -0.2) is 24.7 Å². The minimum absolute atomic E-state index is 0.0296. The molecule has 1 amide bonds. The van der Waals surface area contributed by atoms with E-state index >= 15 is 0 Å². The maximum Gasteiger partial charge on any atom is 0.405 e. The van der Waals surface area contributed by atoms with Crippen molar-refractivity contribution in [2.75, 3.05) is 6.54 Å². The lowest BCUT2D eigenvalue weighted by molar-refractivity contribution is -0.139. The largest absolute Gasteiger partial charge is 0.405 e. The fourth-order valence-corrected chi connectivity index (χ4v) is 2.00. The third kappa shape index (κ3) is 4.83. The lowest BCUT2D eigenvalue weighted by atomic mass is 9.83. The molecule has 0 saturated heterocycles. The van der Waals surface area contributed by atoms with Crippen LogP contribution in [0.3, 0.4) is 0 Å². The normalized spacial score (nSPS) is 26.5. The van der Waals surface area contributed by atoms with Crippen LogP contribution in [0.1, 0.15) is 32.1 Å². The van der Waals surface area contributed by atoms with Gasteiger partial charge in [0.25, 0.3) is 0 Å². The summed E-state index contributed by atoms with van der Waals surface area (Å²) in [5.74, 6) is -0.526. The minimum Gasteiger partial charge on any atom is -0.347 e. The summed E-state index contributed by atoms with van der Waals surface area (Å²) >= 11 is 0. The van der Waals surface area contributed by atoms with Gasteiger partial charge in [0.05, 0.1) is 0 Å². The molecule has 0 aromatic rings. The third-order valence-electron chi connectivity index (χ3n) is 2.90. The highest BCUT2D eigenvalue weighted by Gasteiger charge is 2.29. The van der Waals surface area contributed by atoms with Gasteiger partial charge in [0, 0.05) is 12.5 Å². The van der Waals surface area contributed by atoms with Crippen molar-refractivity contribution in [2.24, 2.45) is 11.7 Å². The first-order valence-electron chi connectivity index (χ1n) is 5.47. The Morgan fingerprint density at radius 1 is 1.31 bits per heavy atom. The second-order valence-corrected chi connectivity index (χ2v) is 4.30. The van der Waals surface area contributed by atoms with Gasteiger partial charge in [-0.25, -0.2) is 0 Å². The van der Waals surface area contributed by atoms with Gasteiger partial charge in [-0.1, -0.05) is 12.8 Å². The molecule has 1 fully saturated rings. The summed E-state index contributed by atoms with van der Waals surface area (Å²) in [6.07, 6.45) is -0.494. The van der Waals surface area contributed by atoms with Crippen LogP contribution < -0.4 is 11.1 Å². The van der Waals surface area contributed by atoms with Crippen LogP contribution in [0, 0.1) is 5.92 Å². The van der Waals surface area contributed by atoms with Crippen molar-refractivity contribution >= 4 is 5.91 Å². The lowest BCUT2D eigenvalue weighted by Gasteiger charge is -2.28. The zero-order valence-electron chi connectivity index (χ0n) is 9.02. The standard InChI is InChI=1S/C10H17F3N2O/c11-10(12,13)6-15-9(16)5-7-3-1-2-4-8(7)14/h7-8H,1-6,14H2,(H,15,16). The summed E-state index contributed by atoms with van der Waals surface area (Å²) < 4.78 is 35.5. The van der Waals surface area contributed by atoms with Gasteiger partial charge in [-0.2, -0.15) is 13.2 Å². The number of rotatable bonds is 3. The second-order valence-electron chi connectivity index (χ2n) is 4.30. The number of carbonyl (C=O) groups is 1. The first-order chi connectivity index (χ1) is 7.38. The average molecular weight is 238 g/mol. The van der Waals surface area contributed by atoms with Crippen LogP contribution in [-0.2, 0) is 4.79 Å². The van der Waals surface area contributed by atoms with E-state index in [1.165, 1.54) is 0 Å². The van der Waals surface area contributed by atoms with Crippen LogP contribution in [0.2, 0.25) is 0 Å². The molecule has 3 nitrogen and oxygen atoms in total. The van der Waals surface area contributed by atoms with Crippen LogP contribution in [0.25, 0.3) is 0 Å². The number of amides is 1. The number of halogens is 3. The molecule has 2 unspecified atom stereocenters. The van der Waals surface area contributed by atoms with E-state index in [0.717, 1.165) is 25.7 Å². The van der Waals surface area contributed by atoms with Gasteiger partial charge in [0.2, 0.25) is 5.91 Å². The summed E-state index contributed by atoms with van der Waals surface area (Å²) in [7, 11) is 0. The summed E-state index contributed by atoms with van der Waals surface area (Å²) in [6.45, 7) is -1.26. The third-order valence-corrected chi connectivity index (χ3v) is 2.90. The van der Waals surface area contributed by atoms with E-state index in [0.29, 0.717) is 0 Å². The van der Waals surface area contributed by atoms with Gasteiger partial charge in [-0.15, -0.1) is 0 Å². The molecule has 1 aliphatic carbocycles. The summed E-state index contributed by atoms with van der Waals surface area (Å²) in [6, 6.07) is -0.0506. The van der Waals surface area contributed by atoms with E-state index in [-0.39, 0.29) is 18.4 Å². The molecular weight excluding hydrogens is 221 g/mol. The van der Waals surface area contributed by atoms with Crippen LogP contribution in [0.4, 0.5) is 13.2 Å². The van der Waals surface area contributed by atoms with Crippen LogP contribution in [0.5, 0.6) is 0 Å². The minimum atomic E-state index is -4.34. The molecule has 2 atom stereocenters. The smallest absolute Gasteiger partial charge is 0.347 e. The molecular formula is C10H17F3N2O. The zero-order valence-corrected chi connectivity index (χ0v) is 9.02. The van der Waals surface area contributed by atoms with Gasteiger partial charge >= 0.3 is 6.18 Å². The van der Waals surface area contributed by atoms with Crippen molar-refractivity contribution in [3.63, 3.8) is 0 Å². The van der Waals surface area contributed by atoms with E-state index in [1.54, 1.807) is 0 Å². The summed E-state index contributed by atoms with van der Waals surface area (Å²) in [4.78, 5) is 11.2. The number of hydrogen-bond donors (Lipinski definition) is 2. The number of nitrogens with one attached hydrogen (secondary N) is 1. The zero-order chi connectivity index (χ0) is 12.2. The highest BCUT2D eigenvalue weighted by molar-refractivity contribution is 5.76. The van der Waals surface area contributed by atoms with E-state index in [1.807, 2.05) is 5.32 Å². The van der Waals surface area contributed by atoms with Crippen molar-refractivity contribution < 1.29 is 18.0 Å². The first kappa shape index (κ1) is 13.3. The highest BCUT2D eigenvalue weighted by Crippen LogP contribution is 2.25. The summed E-state index contributed by atoms with van der Waals surface area (Å²) in [5.41, 5.74) is 5.81. The summed E-state index contributed by atoms with van der Waals surface area (Å²) in [5, 5.41) is 1.87. The first-order valence-corrected chi connectivity index (χ1v) is 5.47. The Bertz CT molecular complexity index is 243. The van der Waals surface area contributed by atoms with Gasteiger partial charge in [-0.3, -0.25) is 4.79 Å². The van der Waals surface area contributed by atoms with Crippen molar-refractivity contribution in [3.8, 4) is 0 Å². The van der Waals surface area contributed by atoms with Crippen molar-refractivity contribution in [1.29, 1.82) is 0 Å². The van der Waals surface area contributed by atoms with E-state index in [2.05, 4.69) is 0 Å². The molecule has 16 heavy (non-hydrogen) atoms. The van der Waals surface area contributed by atoms with Gasteiger partial charge in [-0.05, 0) is 18.8 Å². The van der Waals surface area contributed by atoms with Crippen molar-refractivity contribution in [2.45, 2.75) is 44.3 Å². The maximum absolute atomic E-state index is 11.8. The average Bonchev–Trinajstić information content (AvgIpc) is 2.18. The molecule has 1 aliphatic rings. The number of hydrogen-bond acceptors (Lipinski definition) is 2. The number of nitrogens with two attached hydrogens (primary N) is 1. The molecule has 1 rings (SSSR count). The molecule has 0 aliphatic heterocycles. The molecule has 3 N–H and O–H groups in total. The lowest BCUT2D eigenvalue weighted by Crippen LogP contribution is -2.39. The van der Waals surface area contributed by atoms with Crippen LogP contribution >= 0.6 is 0 Å². The second kappa shape index (κ2) is 5.52. The Labute approximate surface area is 92.6 Å². The Balaban J connectivity index is 2.28. The SMILES string of the molecule is NC1CCCCC1CC(=O)NCC(F)(F)F. The van der Waals surface area contributed by atoms with E-state index in [4.69, 9.17) is 5.73 Å². The van der Waals surface area contributed by atoms with Crippen LogP contribution in [0.15, 0.2) is 0 Å². The topological polar surface area (TPSA) is 55.1 Å². The monoisotopic (exact) mass is 238 g/mol. The maximum atomic E-state index is 11.8. The molecule has 0 spiro atoms. The Morgan fingerprint density at radius 2 is 1.94 bits per heavy atom. The Kier molecular flexibility index (Phi) is 4.58. The number of alkyl halides is 3. The van der Waals surface area contributed by atoms with E-state index in [9.17, 15) is 18.0 Å². The molecule has 0 aromatic carbocycles.